The van der Waals surface area contributed by atoms with Crippen molar-refractivity contribution in [2.24, 2.45) is 5.92 Å². The largest absolute Gasteiger partial charge is 0.457 e. The summed E-state index contributed by atoms with van der Waals surface area (Å²) in [4.78, 5) is 20.5. The van der Waals surface area contributed by atoms with Crippen molar-refractivity contribution in [1.82, 2.24) is 15.3 Å². The van der Waals surface area contributed by atoms with Crippen molar-refractivity contribution in [3.63, 3.8) is 0 Å². The normalized spacial score (nSPS) is 15.4. The van der Waals surface area contributed by atoms with Gasteiger partial charge in [0.2, 0.25) is 0 Å². The van der Waals surface area contributed by atoms with Crippen LogP contribution < -0.4 is 15.4 Å². The SMILES string of the molecule is CNC(=O)c1cc(Oc2ccc3nc(N[C@@H](CO)C4CCCCC4)ccc3c2)ccn1. The van der Waals surface area contributed by atoms with Gasteiger partial charge in [0.15, 0.2) is 0 Å². The lowest BCUT2D eigenvalue weighted by Crippen LogP contribution is -2.34. The van der Waals surface area contributed by atoms with Gasteiger partial charge < -0.3 is 20.5 Å². The summed E-state index contributed by atoms with van der Waals surface area (Å²) in [5.41, 5.74) is 1.15. The third-order valence-corrected chi connectivity index (χ3v) is 5.84. The highest BCUT2D eigenvalue weighted by atomic mass is 16.5. The van der Waals surface area contributed by atoms with Gasteiger partial charge in [-0.25, -0.2) is 4.98 Å². The first-order valence-electron chi connectivity index (χ1n) is 10.8. The summed E-state index contributed by atoms with van der Waals surface area (Å²) in [7, 11) is 1.56. The van der Waals surface area contributed by atoms with Crippen LogP contribution in [0.25, 0.3) is 10.9 Å². The first-order valence-corrected chi connectivity index (χ1v) is 10.8. The quantitative estimate of drug-likeness (QED) is 0.532. The predicted molar refractivity (Wildman–Crippen MR) is 121 cm³/mol. The van der Waals surface area contributed by atoms with Crippen LogP contribution in [0.3, 0.4) is 0 Å². The molecule has 0 radical (unpaired) electrons. The number of nitrogens with zero attached hydrogens (tertiary/aromatic N) is 2. The molecule has 1 aliphatic carbocycles. The fourth-order valence-corrected chi connectivity index (χ4v) is 4.15. The number of carbonyl (C=O) groups is 1. The molecule has 0 aliphatic heterocycles. The van der Waals surface area contributed by atoms with E-state index in [4.69, 9.17) is 9.72 Å². The number of aromatic nitrogens is 2. The summed E-state index contributed by atoms with van der Waals surface area (Å²) in [6.07, 6.45) is 7.62. The van der Waals surface area contributed by atoms with E-state index >= 15 is 0 Å². The Hall–Kier alpha value is -3.19. The van der Waals surface area contributed by atoms with Crippen molar-refractivity contribution in [1.29, 1.82) is 0 Å². The molecule has 1 saturated carbocycles. The number of anilines is 1. The maximum Gasteiger partial charge on any atom is 0.269 e. The minimum absolute atomic E-state index is 0.0362. The molecule has 1 amide bonds. The topological polar surface area (TPSA) is 96.4 Å². The van der Waals surface area contributed by atoms with Crippen LogP contribution in [0, 0.1) is 5.92 Å². The van der Waals surface area contributed by atoms with Crippen molar-refractivity contribution < 1.29 is 14.6 Å². The maximum absolute atomic E-state index is 11.8. The maximum atomic E-state index is 11.8. The van der Waals surface area contributed by atoms with Gasteiger partial charge in [-0.2, -0.15) is 0 Å². The number of aliphatic hydroxyl groups is 1. The fourth-order valence-electron chi connectivity index (χ4n) is 4.15. The van der Waals surface area contributed by atoms with E-state index in [-0.39, 0.29) is 18.6 Å². The lowest BCUT2D eigenvalue weighted by molar-refractivity contribution is 0.0958. The number of hydrogen-bond donors (Lipinski definition) is 3. The number of nitrogens with one attached hydrogen (secondary N) is 2. The Morgan fingerprint density at radius 3 is 2.71 bits per heavy atom. The molecule has 3 N–H and O–H groups in total. The summed E-state index contributed by atoms with van der Waals surface area (Å²) in [5.74, 6) is 2.20. The molecule has 3 aromatic rings. The number of ether oxygens (including phenoxy) is 1. The number of fused-ring (bicyclic) bond motifs is 1. The summed E-state index contributed by atoms with van der Waals surface area (Å²) < 4.78 is 5.92. The monoisotopic (exact) mass is 420 g/mol. The molecule has 0 unspecified atom stereocenters. The molecule has 0 spiro atoms. The average Bonchev–Trinajstić information content (AvgIpc) is 2.82. The van der Waals surface area contributed by atoms with Crippen molar-refractivity contribution >= 4 is 22.6 Å². The number of hydrogen-bond acceptors (Lipinski definition) is 6. The summed E-state index contributed by atoms with van der Waals surface area (Å²) in [6, 6.07) is 13.0. The van der Waals surface area contributed by atoms with E-state index in [1.54, 1.807) is 25.4 Å². The molecule has 7 heteroatoms. The molecule has 2 aromatic heterocycles. The predicted octanol–water partition coefficient (Wildman–Crippen LogP) is 4.13. The van der Waals surface area contributed by atoms with E-state index in [0.717, 1.165) is 29.6 Å². The van der Waals surface area contributed by atoms with Gasteiger partial charge in [0.1, 0.15) is 23.0 Å². The van der Waals surface area contributed by atoms with Crippen LogP contribution in [0.2, 0.25) is 0 Å². The summed E-state index contributed by atoms with van der Waals surface area (Å²) in [6.45, 7) is 0.112. The lowest BCUT2D eigenvalue weighted by Gasteiger charge is -2.30. The Morgan fingerprint density at radius 1 is 1.13 bits per heavy atom. The molecule has 1 fully saturated rings. The van der Waals surface area contributed by atoms with Gasteiger partial charge in [-0.15, -0.1) is 0 Å². The fraction of sp³-hybridized carbons (Fsp3) is 0.375. The molecule has 1 atom stereocenters. The summed E-state index contributed by atoms with van der Waals surface area (Å²) in [5, 5.41) is 16.8. The molecule has 1 aromatic carbocycles. The highest BCUT2D eigenvalue weighted by Crippen LogP contribution is 2.29. The molecule has 4 rings (SSSR count). The second-order valence-electron chi connectivity index (χ2n) is 7.94. The van der Waals surface area contributed by atoms with Gasteiger partial charge >= 0.3 is 0 Å². The number of benzene rings is 1. The van der Waals surface area contributed by atoms with E-state index in [1.165, 1.54) is 19.3 Å². The third-order valence-electron chi connectivity index (χ3n) is 5.84. The van der Waals surface area contributed by atoms with Gasteiger partial charge in [-0.3, -0.25) is 9.78 Å². The van der Waals surface area contributed by atoms with Crippen molar-refractivity contribution in [2.75, 3.05) is 19.0 Å². The number of amides is 1. The van der Waals surface area contributed by atoms with Gasteiger partial charge in [-0.05, 0) is 55.2 Å². The second-order valence-corrected chi connectivity index (χ2v) is 7.94. The van der Waals surface area contributed by atoms with E-state index in [2.05, 4.69) is 15.6 Å². The standard InChI is InChI=1S/C24H28N4O3/c1-25-24(30)21-14-19(11-12-26-21)31-18-8-9-20-17(13-18)7-10-23(27-20)28-22(15-29)16-5-3-2-4-6-16/h7-14,16,22,29H,2-6,15H2,1H3,(H,25,30)(H,27,28)/t22-/m0/s1. The van der Waals surface area contributed by atoms with Crippen molar-refractivity contribution in [3.05, 3.63) is 54.4 Å². The first kappa shape index (κ1) is 21.1. The van der Waals surface area contributed by atoms with Crippen molar-refractivity contribution in [3.8, 4) is 11.5 Å². The number of aliphatic hydroxyl groups excluding tert-OH is 1. The lowest BCUT2D eigenvalue weighted by atomic mass is 9.84. The molecule has 31 heavy (non-hydrogen) atoms. The second kappa shape index (κ2) is 9.75. The molecular weight excluding hydrogens is 392 g/mol. The molecule has 7 nitrogen and oxygen atoms in total. The number of pyridine rings is 2. The zero-order valence-electron chi connectivity index (χ0n) is 17.7. The van der Waals surface area contributed by atoms with Crippen LogP contribution in [0.4, 0.5) is 5.82 Å². The van der Waals surface area contributed by atoms with Crippen LogP contribution in [0.5, 0.6) is 11.5 Å². The zero-order chi connectivity index (χ0) is 21.6. The van der Waals surface area contributed by atoms with Crippen LogP contribution in [-0.2, 0) is 0 Å². The molecule has 2 heterocycles. The highest BCUT2D eigenvalue weighted by Gasteiger charge is 2.23. The molecule has 162 valence electrons. The average molecular weight is 421 g/mol. The summed E-state index contributed by atoms with van der Waals surface area (Å²) >= 11 is 0. The van der Waals surface area contributed by atoms with E-state index < -0.39 is 0 Å². The van der Waals surface area contributed by atoms with Crippen molar-refractivity contribution in [2.45, 2.75) is 38.1 Å². The Bertz CT molecular complexity index is 1050. The number of carbonyl (C=O) groups excluding carboxylic acids is 1. The van der Waals surface area contributed by atoms with Crippen LogP contribution in [-0.4, -0.2) is 40.7 Å². The molecule has 1 aliphatic rings. The Kier molecular flexibility index (Phi) is 6.62. The smallest absolute Gasteiger partial charge is 0.269 e. The van der Waals surface area contributed by atoms with Gasteiger partial charge in [-0.1, -0.05) is 19.3 Å². The number of rotatable bonds is 7. The highest BCUT2D eigenvalue weighted by molar-refractivity contribution is 5.92. The van der Waals surface area contributed by atoms with Gasteiger partial charge in [0.05, 0.1) is 18.2 Å². The first-order chi connectivity index (χ1) is 15.2. The minimum Gasteiger partial charge on any atom is -0.457 e. The van der Waals surface area contributed by atoms with E-state index in [9.17, 15) is 9.90 Å². The minimum atomic E-state index is -0.261. The Morgan fingerprint density at radius 2 is 1.94 bits per heavy atom. The van der Waals surface area contributed by atoms with Crippen LogP contribution >= 0.6 is 0 Å². The Labute approximate surface area is 181 Å². The molecule has 0 bridgehead atoms. The van der Waals surface area contributed by atoms with Gasteiger partial charge in [0, 0.05) is 24.7 Å². The van der Waals surface area contributed by atoms with Crippen LogP contribution in [0.15, 0.2) is 48.7 Å². The molecular formula is C24H28N4O3. The zero-order valence-corrected chi connectivity index (χ0v) is 17.7. The third kappa shape index (κ3) is 5.11. The van der Waals surface area contributed by atoms with Crippen LogP contribution in [0.1, 0.15) is 42.6 Å². The Balaban J connectivity index is 1.48. The van der Waals surface area contributed by atoms with E-state index in [0.29, 0.717) is 23.1 Å². The molecule has 0 saturated heterocycles. The van der Waals surface area contributed by atoms with E-state index in [1.807, 2.05) is 30.3 Å². The van der Waals surface area contributed by atoms with Gasteiger partial charge in [0.25, 0.3) is 5.91 Å².